The summed E-state index contributed by atoms with van der Waals surface area (Å²) in [5.74, 6) is -0.438. The fourth-order valence-electron chi connectivity index (χ4n) is 2.54. The number of benzene rings is 2. The molecule has 0 aliphatic rings. The van der Waals surface area contributed by atoms with Crippen LogP contribution in [0.5, 0.6) is 0 Å². The van der Waals surface area contributed by atoms with E-state index in [0.717, 1.165) is 16.8 Å². The molecule has 0 fully saturated rings. The summed E-state index contributed by atoms with van der Waals surface area (Å²) < 4.78 is 0. The molecule has 0 aliphatic carbocycles. The fraction of sp³-hybridized carbons (Fsp3) is 0.250. The zero-order chi connectivity index (χ0) is 20.0. The van der Waals surface area contributed by atoms with Crippen LogP contribution in [0.3, 0.4) is 0 Å². The topological polar surface area (TPSA) is 90.5 Å². The predicted octanol–water partition coefficient (Wildman–Crippen LogP) is 3.36. The Labute approximate surface area is 158 Å². The van der Waals surface area contributed by atoms with Crippen molar-refractivity contribution in [3.8, 4) is 0 Å². The molecule has 2 aromatic carbocycles. The highest BCUT2D eigenvalue weighted by molar-refractivity contribution is 5.97. The average molecular weight is 368 g/mol. The van der Waals surface area contributed by atoms with Crippen molar-refractivity contribution >= 4 is 34.9 Å². The van der Waals surface area contributed by atoms with Crippen LogP contribution >= 0.6 is 0 Å². The second-order valence-corrected chi connectivity index (χ2v) is 6.36. The first-order chi connectivity index (χ1) is 12.8. The maximum atomic E-state index is 12.3. The molecular weight excluding hydrogens is 344 g/mol. The van der Waals surface area contributed by atoms with E-state index in [1.54, 1.807) is 31.3 Å². The van der Waals surface area contributed by atoms with Crippen LogP contribution in [0.1, 0.15) is 18.1 Å². The normalized spacial score (nSPS) is 10.1. The fourth-order valence-corrected chi connectivity index (χ4v) is 2.54. The van der Waals surface area contributed by atoms with Crippen LogP contribution in [-0.4, -0.2) is 36.3 Å². The van der Waals surface area contributed by atoms with Gasteiger partial charge in [-0.15, -0.1) is 0 Å². The van der Waals surface area contributed by atoms with E-state index in [1.807, 2.05) is 32.0 Å². The highest BCUT2D eigenvalue weighted by atomic mass is 16.2. The maximum Gasteiger partial charge on any atom is 0.322 e. The number of para-hydroxylation sites is 1. The molecule has 0 saturated heterocycles. The summed E-state index contributed by atoms with van der Waals surface area (Å²) in [4.78, 5) is 36.8. The smallest absolute Gasteiger partial charge is 0.322 e. The van der Waals surface area contributed by atoms with Gasteiger partial charge in [0.25, 0.3) is 0 Å². The number of amides is 4. The molecule has 3 N–H and O–H groups in total. The number of nitrogens with zero attached hydrogens (tertiary/aromatic N) is 1. The first-order valence-corrected chi connectivity index (χ1v) is 8.52. The third-order valence-electron chi connectivity index (χ3n) is 3.93. The number of hydrogen-bond donors (Lipinski definition) is 3. The molecule has 2 rings (SSSR count). The minimum absolute atomic E-state index is 0.0798. The average Bonchev–Trinajstić information content (AvgIpc) is 2.59. The van der Waals surface area contributed by atoms with E-state index < -0.39 is 6.03 Å². The molecule has 0 radical (unpaired) electrons. The Morgan fingerprint density at radius 2 is 1.37 bits per heavy atom. The minimum Gasteiger partial charge on any atom is -0.326 e. The third kappa shape index (κ3) is 5.85. The van der Waals surface area contributed by atoms with Crippen LogP contribution in [0.25, 0.3) is 0 Å². The van der Waals surface area contributed by atoms with Crippen molar-refractivity contribution in [2.24, 2.45) is 0 Å². The number of anilines is 3. The number of rotatable bonds is 5. The van der Waals surface area contributed by atoms with Crippen molar-refractivity contribution in [2.75, 3.05) is 29.5 Å². The lowest BCUT2D eigenvalue weighted by atomic mass is 10.1. The van der Waals surface area contributed by atoms with Gasteiger partial charge >= 0.3 is 6.03 Å². The monoisotopic (exact) mass is 368 g/mol. The van der Waals surface area contributed by atoms with Gasteiger partial charge in [0.1, 0.15) is 6.54 Å². The van der Waals surface area contributed by atoms with Gasteiger partial charge in [0.15, 0.2) is 0 Å². The number of nitrogens with one attached hydrogen (secondary N) is 3. The predicted molar refractivity (Wildman–Crippen MR) is 107 cm³/mol. The molecule has 7 heteroatoms. The summed E-state index contributed by atoms with van der Waals surface area (Å²) >= 11 is 0. The largest absolute Gasteiger partial charge is 0.326 e. The van der Waals surface area contributed by atoms with Gasteiger partial charge in [0.2, 0.25) is 11.8 Å². The first kappa shape index (κ1) is 20.0. The molecule has 0 atom stereocenters. The van der Waals surface area contributed by atoms with Gasteiger partial charge in [-0.2, -0.15) is 0 Å². The number of carbonyl (C=O) groups excluding carboxylic acids is 3. The van der Waals surface area contributed by atoms with E-state index in [2.05, 4.69) is 16.0 Å². The summed E-state index contributed by atoms with van der Waals surface area (Å²) in [5, 5.41) is 8.21. The standard InChI is InChI=1S/C20H24N4O3/c1-13-6-5-7-14(2)19(13)23-18(26)12-24(4)20(27)22-17-10-8-16(9-11-17)21-15(3)25/h5-11H,12H2,1-4H3,(H,21,25)(H,22,27)(H,23,26). The second kappa shape index (κ2) is 8.84. The molecule has 0 spiro atoms. The van der Waals surface area contributed by atoms with E-state index in [0.29, 0.717) is 11.4 Å². The SMILES string of the molecule is CC(=O)Nc1ccc(NC(=O)N(C)CC(=O)Nc2c(C)cccc2C)cc1. The summed E-state index contributed by atoms with van der Waals surface area (Å²) in [6.45, 7) is 5.19. The Balaban J connectivity index is 1.91. The molecule has 0 heterocycles. The van der Waals surface area contributed by atoms with Gasteiger partial charge < -0.3 is 20.9 Å². The van der Waals surface area contributed by atoms with E-state index in [-0.39, 0.29) is 18.4 Å². The lowest BCUT2D eigenvalue weighted by Crippen LogP contribution is -2.37. The zero-order valence-corrected chi connectivity index (χ0v) is 15.9. The summed E-state index contributed by atoms with van der Waals surface area (Å²) in [6, 6.07) is 12.1. The third-order valence-corrected chi connectivity index (χ3v) is 3.93. The van der Waals surface area contributed by atoms with Gasteiger partial charge in [-0.05, 0) is 49.2 Å². The van der Waals surface area contributed by atoms with Crippen LogP contribution in [0, 0.1) is 13.8 Å². The summed E-state index contributed by atoms with van der Waals surface area (Å²) in [7, 11) is 1.55. The second-order valence-electron chi connectivity index (χ2n) is 6.36. The number of aryl methyl sites for hydroxylation is 2. The molecule has 4 amide bonds. The van der Waals surface area contributed by atoms with Crippen molar-refractivity contribution < 1.29 is 14.4 Å². The molecule has 0 saturated carbocycles. The lowest BCUT2D eigenvalue weighted by Gasteiger charge is -2.19. The molecule has 27 heavy (non-hydrogen) atoms. The Hall–Kier alpha value is -3.35. The molecule has 0 unspecified atom stereocenters. The van der Waals surface area contributed by atoms with Crippen LogP contribution in [0.4, 0.5) is 21.9 Å². The van der Waals surface area contributed by atoms with Crippen LogP contribution in [0.2, 0.25) is 0 Å². The highest BCUT2D eigenvalue weighted by Gasteiger charge is 2.14. The molecular formula is C20H24N4O3. The van der Waals surface area contributed by atoms with Crippen molar-refractivity contribution in [2.45, 2.75) is 20.8 Å². The number of likely N-dealkylation sites (N-methyl/N-ethyl adjacent to an activating group) is 1. The number of urea groups is 1. The van der Waals surface area contributed by atoms with Crippen molar-refractivity contribution in [1.29, 1.82) is 0 Å². The van der Waals surface area contributed by atoms with Gasteiger partial charge in [-0.3, -0.25) is 9.59 Å². The zero-order valence-electron chi connectivity index (χ0n) is 15.9. The van der Waals surface area contributed by atoms with Crippen LogP contribution in [0.15, 0.2) is 42.5 Å². The Kier molecular flexibility index (Phi) is 6.54. The van der Waals surface area contributed by atoms with Gasteiger partial charge in [-0.25, -0.2) is 4.79 Å². The summed E-state index contributed by atoms with van der Waals surface area (Å²) in [5.41, 5.74) is 3.91. The van der Waals surface area contributed by atoms with E-state index in [4.69, 9.17) is 0 Å². The molecule has 0 aromatic heterocycles. The van der Waals surface area contributed by atoms with Crippen molar-refractivity contribution in [3.05, 3.63) is 53.6 Å². The molecule has 0 bridgehead atoms. The van der Waals surface area contributed by atoms with Gasteiger partial charge in [0.05, 0.1) is 0 Å². The van der Waals surface area contributed by atoms with E-state index in [1.165, 1.54) is 11.8 Å². The Morgan fingerprint density at radius 1 is 0.852 bits per heavy atom. The van der Waals surface area contributed by atoms with E-state index in [9.17, 15) is 14.4 Å². The van der Waals surface area contributed by atoms with Crippen LogP contribution in [-0.2, 0) is 9.59 Å². The lowest BCUT2D eigenvalue weighted by molar-refractivity contribution is -0.116. The Bertz CT molecular complexity index is 827. The minimum atomic E-state index is -0.404. The summed E-state index contributed by atoms with van der Waals surface area (Å²) in [6.07, 6.45) is 0. The number of hydrogen-bond acceptors (Lipinski definition) is 3. The van der Waals surface area contributed by atoms with Gasteiger partial charge in [-0.1, -0.05) is 18.2 Å². The first-order valence-electron chi connectivity index (χ1n) is 8.52. The molecule has 7 nitrogen and oxygen atoms in total. The Morgan fingerprint density at radius 3 is 1.89 bits per heavy atom. The van der Waals surface area contributed by atoms with Crippen molar-refractivity contribution in [3.63, 3.8) is 0 Å². The quantitative estimate of drug-likeness (QED) is 0.756. The molecule has 142 valence electrons. The van der Waals surface area contributed by atoms with E-state index >= 15 is 0 Å². The van der Waals surface area contributed by atoms with Crippen molar-refractivity contribution in [1.82, 2.24) is 4.90 Å². The molecule has 2 aromatic rings. The van der Waals surface area contributed by atoms with Gasteiger partial charge in [0, 0.05) is 31.0 Å². The maximum absolute atomic E-state index is 12.3. The number of carbonyl (C=O) groups is 3. The highest BCUT2D eigenvalue weighted by Crippen LogP contribution is 2.19. The molecule has 0 aliphatic heterocycles. The van der Waals surface area contributed by atoms with Crippen LogP contribution < -0.4 is 16.0 Å².